The molecule has 0 bridgehead atoms. The summed E-state index contributed by atoms with van der Waals surface area (Å²) in [5.74, 6) is -0.366. The van der Waals surface area contributed by atoms with Gasteiger partial charge in [-0.3, -0.25) is 20.2 Å². The van der Waals surface area contributed by atoms with Crippen molar-refractivity contribution in [3.63, 3.8) is 0 Å². The van der Waals surface area contributed by atoms with E-state index in [2.05, 4.69) is 10.3 Å². The molecular formula is C11H9N3O4S. The van der Waals surface area contributed by atoms with Crippen molar-refractivity contribution in [1.82, 2.24) is 4.98 Å². The molecule has 7 nitrogen and oxygen atoms in total. The number of hydrogen-bond acceptors (Lipinski definition) is 6. The van der Waals surface area contributed by atoms with Gasteiger partial charge in [0, 0.05) is 17.6 Å². The van der Waals surface area contributed by atoms with Crippen LogP contribution in [0.1, 0.15) is 0 Å². The monoisotopic (exact) mass is 279 g/mol. The second kappa shape index (κ2) is 5.91. The van der Waals surface area contributed by atoms with Gasteiger partial charge in [0.25, 0.3) is 5.91 Å². The van der Waals surface area contributed by atoms with E-state index in [1.807, 2.05) is 0 Å². The molecule has 19 heavy (non-hydrogen) atoms. The van der Waals surface area contributed by atoms with Crippen LogP contribution in [-0.2, 0) is 4.79 Å². The van der Waals surface area contributed by atoms with Gasteiger partial charge in [-0.15, -0.1) is 11.3 Å². The number of anilines is 1. The SMILES string of the molecule is O=C(COc1ccccc1[N+](=O)[O-])Nc1nccs1. The number of amides is 1. The van der Waals surface area contributed by atoms with Gasteiger partial charge in [-0.1, -0.05) is 12.1 Å². The molecule has 0 aliphatic carbocycles. The smallest absolute Gasteiger partial charge is 0.310 e. The Labute approximate surface area is 112 Å². The topological polar surface area (TPSA) is 94.4 Å². The molecule has 0 radical (unpaired) electrons. The molecular weight excluding hydrogens is 270 g/mol. The second-order valence-electron chi connectivity index (χ2n) is 3.40. The highest BCUT2D eigenvalue weighted by molar-refractivity contribution is 7.13. The van der Waals surface area contributed by atoms with Gasteiger partial charge in [0.15, 0.2) is 17.5 Å². The van der Waals surface area contributed by atoms with E-state index in [4.69, 9.17) is 4.74 Å². The maximum Gasteiger partial charge on any atom is 0.310 e. The number of benzene rings is 1. The Kier molecular flexibility index (Phi) is 4.04. The van der Waals surface area contributed by atoms with E-state index in [1.54, 1.807) is 17.6 Å². The standard InChI is InChI=1S/C11H9N3O4S/c15-10(13-11-12-5-6-19-11)7-18-9-4-2-1-3-8(9)14(16)17/h1-6H,7H2,(H,12,13,15). The van der Waals surface area contributed by atoms with Crippen LogP contribution in [0.5, 0.6) is 5.75 Å². The first kappa shape index (κ1) is 13.0. The summed E-state index contributed by atoms with van der Waals surface area (Å²) in [5, 5.41) is 15.4. The van der Waals surface area contributed by atoms with Crippen molar-refractivity contribution in [3.05, 3.63) is 46.0 Å². The first-order chi connectivity index (χ1) is 9.16. The van der Waals surface area contributed by atoms with Crippen molar-refractivity contribution in [2.45, 2.75) is 0 Å². The summed E-state index contributed by atoms with van der Waals surface area (Å²) in [4.78, 5) is 25.6. The molecule has 0 unspecified atom stereocenters. The highest BCUT2D eigenvalue weighted by Crippen LogP contribution is 2.25. The largest absolute Gasteiger partial charge is 0.477 e. The van der Waals surface area contributed by atoms with Gasteiger partial charge in [-0.05, 0) is 6.07 Å². The van der Waals surface area contributed by atoms with Crippen molar-refractivity contribution in [3.8, 4) is 5.75 Å². The van der Waals surface area contributed by atoms with Crippen LogP contribution < -0.4 is 10.1 Å². The number of nitro groups is 1. The van der Waals surface area contributed by atoms with Crippen LogP contribution in [0.3, 0.4) is 0 Å². The third-order valence-corrected chi connectivity index (χ3v) is 2.79. The molecule has 0 saturated heterocycles. The number of para-hydroxylation sites is 2. The Morgan fingerprint density at radius 2 is 2.26 bits per heavy atom. The van der Waals surface area contributed by atoms with E-state index in [9.17, 15) is 14.9 Å². The van der Waals surface area contributed by atoms with E-state index < -0.39 is 10.8 Å². The molecule has 1 aromatic heterocycles. The number of rotatable bonds is 5. The van der Waals surface area contributed by atoms with Gasteiger partial charge in [0.2, 0.25) is 0 Å². The molecule has 98 valence electrons. The average Bonchev–Trinajstić information content (AvgIpc) is 2.89. The summed E-state index contributed by atoms with van der Waals surface area (Å²) < 4.78 is 5.13. The fourth-order valence-electron chi connectivity index (χ4n) is 1.31. The van der Waals surface area contributed by atoms with Gasteiger partial charge >= 0.3 is 5.69 Å². The molecule has 2 aromatic rings. The van der Waals surface area contributed by atoms with Gasteiger partial charge in [0.1, 0.15) is 0 Å². The Bertz CT molecular complexity index is 585. The molecule has 2 rings (SSSR count). The number of thiazole rings is 1. The van der Waals surface area contributed by atoms with Crippen LogP contribution in [0.4, 0.5) is 10.8 Å². The summed E-state index contributed by atoms with van der Waals surface area (Å²) in [6, 6.07) is 5.88. The maximum atomic E-state index is 11.5. The maximum absolute atomic E-state index is 11.5. The molecule has 1 heterocycles. The Balaban J connectivity index is 1.95. The number of hydrogen-bond donors (Lipinski definition) is 1. The molecule has 1 amide bonds. The molecule has 0 aliphatic heterocycles. The number of nitrogens with one attached hydrogen (secondary N) is 1. The van der Waals surface area contributed by atoms with Gasteiger partial charge in [-0.2, -0.15) is 0 Å². The van der Waals surface area contributed by atoms with Crippen LogP contribution in [0, 0.1) is 10.1 Å². The van der Waals surface area contributed by atoms with Crippen molar-refractivity contribution >= 4 is 28.1 Å². The Hall–Kier alpha value is -2.48. The fraction of sp³-hybridized carbons (Fsp3) is 0.0909. The van der Waals surface area contributed by atoms with E-state index in [0.29, 0.717) is 5.13 Å². The molecule has 0 spiro atoms. The second-order valence-corrected chi connectivity index (χ2v) is 4.29. The van der Waals surface area contributed by atoms with E-state index in [0.717, 1.165) is 0 Å². The van der Waals surface area contributed by atoms with Crippen molar-refractivity contribution in [2.75, 3.05) is 11.9 Å². The number of nitro benzene ring substituents is 1. The minimum atomic E-state index is -0.561. The summed E-state index contributed by atoms with van der Waals surface area (Å²) in [6.07, 6.45) is 1.56. The highest BCUT2D eigenvalue weighted by Gasteiger charge is 2.15. The van der Waals surface area contributed by atoms with Gasteiger partial charge < -0.3 is 4.74 Å². The van der Waals surface area contributed by atoms with E-state index in [1.165, 1.54) is 29.5 Å². The predicted molar refractivity (Wildman–Crippen MR) is 69.3 cm³/mol. The van der Waals surface area contributed by atoms with Crippen LogP contribution in [0.25, 0.3) is 0 Å². The summed E-state index contributed by atoms with van der Waals surface area (Å²) in [7, 11) is 0. The van der Waals surface area contributed by atoms with E-state index in [-0.39, 0.29) is 18.0 Å². The lowest BCUT2D eigenvalue weighted by Gasteiger charge is -2.05. The Morgan fingerprint density at radius 3 is 2.95 bits per heavy atom. The summed E-state index contributed by atoms with van der Waals surface area (Å²) in [5.41, 5.74) is -0.176. The first-order valence-corrected chi connectivity index (χ1v) is 6.10. The van der Waals surface area contributed by atoms with Crippen LogP contribution in [0.15, 0.2) is 35.8 Å². The number of aromatic nitrogens is 1. The molecule has 1 N–H and O–H groups in total. The lowest BCUT2D eigenvalue weighted by Crippen LogP contribution is -2.20. The van der Waals surface area contributed by atoms with Crippen LogP contribution in [-0.4, -0.2) is 22.4 Å². The van der Waals surface area contributed by atoms with Gasteiger partial charge in [0.05, 0.1) is 4.92 Å². The molecule has 0 saturated carbocycles. The molecule has 0 fully saturated rings. The minimum Gasteiger partial charge on any atom is -0.477 e. The third kappa shape index (κ3) is 3.49. The fourth-order valence-corrected chi connectivity index (χ4v) is 1.86. The zero-order valence-corrected chi connectivity index (χ0v) is 10.4. The molecule has 0 aliphatic rings. The lowest BCUT2D eigenvalue weighted by molar-refractivity contribution is -0.385. The molecule has 8 heteroatoms. The molecule has 1 aromatic carbocycles. The number of nitrogens with zero attached hydrogens (tertiary/aromatic N) is 2. The quantitative estimate of drug-likeness (QED) is 0.667. The number of carbonyl (C=O) groups excluding carboxylic acids is 1. The minimum absolute atomic E-state index is 0.0572. The van der Waals surface area contributed by atoms with E-state index >= 15 is 0 Å². The number of ether oxygens (including phenoxy) is 1. The lowest BCUT2D eigenvalue weighted by atomic mass is 10.3. The summed E-state index contributed by atoms with van der Waals surface area (Å²) in [6.45, 7) is -0.315. The average molecular weight is 279 g/mol. The summed E-state index contributed by atoms with van der Waals surface area (Å²) >= 11 is 1.27. The van der Waals surface area contributed by atoms with Crippen molar-refractivity contribution in [2.24, 2.45) is 0 Å². The van der Waals surface area contributed by atoms with Crippen molar-refractivity contribution < 1.29 is 14.5 Å². The zero-order valence-electron chi connectivity index (χ0n) is 9.61. The highest BCUT2D eigenvalue weighted by atomic mass is 32.1. The number of carbonyl (C=O) groups is 1. The van der Waals surface area contributed by atoms with Crippen LogP contribution in [0.2, 0.25) is 0 Å². The zero-order chi connectivity index (χ0) is 13.7. The predicted octanol–water partition coefficient (Wildman–Crippen LogP) is 2.07. The molecule has 0 atom stereocenters. The third-order valence-electron chi connectivity index (χ3n) is 2.10. The first-order valence-electron chi connectivity index (χ1n) is 5.22. The van der Waals surface area contributed by atoms with Crippen LogP contribution >= 0.6 is 11.3 Å². The van der Waals surface area contributed by atoms with Crippen molar-refractivity contribution in [1.29, 1.82) is 0 Å². The normalized spacial score (nSPS) is 9.89. The van der Waals surface area contributed by atoms with Gasteiger partial charge in [-0.25, -0.2) is 4.98 Å². The Morgan fingerprint density at radius 1 is 1.47 bits per heavy atom.